The maximum atomic E-state index is 12.6. The van der Waals surface area contributed by atoms with Crippen LogP contribution in [0.15, 0.2) is 18.2 Å². The summed E-state index contributed by atoms with van der Waals surface area (Å²) in [6, 6.07) is 4.78. The Bertz CT molecular complexity index is 1130. The lowest BCUT2D eigenvalue weighted by Crippen LogP contribution is -2.50. The Labute approximate surface area is 197 Å². The largest absolute Gasteiger partial charge is 0.482 e. The fourth-order valence-corrected chi connectivity index (χ4v) is 6.59. The third-order valence-corrected chi connectivity index (χ3v) is 8.32. The van der Waals surface area contributed by atoms with Gasteiger partial charge in [0, 0.05) is 31.2 Å². The molecule has 1 atom stereocenters. The van der Waals surface area contributed by atoms with Gasteiger partial charge in [-0.25, -0.2) is 8.42 Å². The number of anilines is 1. The molecule has 2 fully saturated rings. The molecule has 0 radical (unpaired) electrons. The van der Waals surface area contributed by atoms with E-state index in [1.165, 1.54) is 0 Å². The molecular formula is C21H26Cl2N4O4S. The van der Waals surface area contributed by atoms with E-state index in [-0.39, 0.29) is 30.1 Å². The minimum absolute atomic E-state index is 0.0898. The average molecular weight is 501 g/mol. The van der Waals surface area contributed by atoms with Crippen LogP contribution in [0.2, 0.25) is 10.0 Å². The van der Waals surface area contributed by atoms with Crippen LogP contribution >= 0.6 is 23.2 Å². The van der Waals surface area contributed by atoms with Gasteiger partial charge in [-0.05, 0) is 38.5 Å². The van der Waals surface area contributed by atoms with Crippen molar-refractivity contribution in [1.82, 2.24) is 14.7 Å². The van der Waals surface area contributed by atoms with Crippen molar-refractivity contribution >= 4 is 44.6 Å². The summed E-state index contributed by atoms with van der Waals surface area (Å²) < 4.78 is 31.2. The topological polar surface area (TPSA) is 84.7 Å². The first-order valence-electron chi connectivity index (χ1n) is 10.5. The predicted octanol–water partition coefficient (Wildman–Crippen LogP) is 2.89. The number of carbonyl (C=O) groups excluding carboxylic acids is 1. The zero-order valence-corrected chi connectivity index (χ0v) is 20.4. The average Bonchev–Trinajstić information content (AvgIpc) is 3.25. The highest BCUT2D eigenvalue weighted by Gasteiger charge is 2.33. The maximum absolute atomic E-state index is 12.6. The van der Waals surface area contributed by atoms with Gasteiger partial charge in [0.05, 0.1) is 39.6 Å². The number of hydrogen-bond donors (Lipinski definition) is 0. The number of sulfone groups is 1. The van der Waals surface area contributed by atoms with Crippen LogP contribution in [0, 0.1) is 13.8 Å². The van der Waals surface area contributed by atoms with E-state index in [9.17, 15) is 13.2 Å². The van der Waals surface area contributed by atoms with E-state index in [0.717, 1.165) is 17.1 Å². The van der Waals surface area contributed by atoms with E-state index in [2.05, 4.69) is 10.00 Å². The normalized spacial score (nSPS) is 20.6. The number of hydrogen-bond acceptors (Lipinski definition) is 6. The molecule has 174 valence electrons. The molecule has 0 saturated carbocycles. The van der Waals surface area contributed by atoms with E-state index in [1.807, 2.05) is 18.5 Å². The molecule has 2 saturated heterocycles. The van der Waals surface area contributed by atoms with Gasteiger partial charge in [-0.3, -0.25) is 9.48 Å². The lowest BCUT2D eigenvalue weighted by atomic mass is 10.2. The van der Waals surface area contributed by atoms with Gasteiger partial charge in [0.1, 0.15) is 5.75 Å². The number of rotatable bonds is 5. The van der Waals surface area contributed by atoms with E-state index in [4.69, 9.17) is 27.9 Å². The summed E-state index contributed by atoms with van der Waals surface area (Å²) in [4.78, 5) is 16.6. The molecule has 0 N–H and O–H groups in total. The number of aryl methyl sites for hydroxylation is 1. The van der Waals surface area contributed by atoms with Crippen molar-refractivity contribution in [3.63, 3.8) is 0 Å². The highest BCUT2D eigenvalue weighted by molar-refractivity contribution is 7.91. The number of carbonyl (C=O) groups is 1. The SMILES string of the molecule is Cc1nn(C2CCS(=O)(=O)C2)c(C)c1N1CCN(C(=O)COc2ccc(Cl)cc2Cl)CC1. The summed E-state index contributed by atoms with van der Waals surface area (Å²) in [7, 11) is -2.98. The van der Waals surface area contributed by atoms with E-state index < -0.39 is 9.84 Å². The molecule has 2 aliphatic rings. The number of ether oxygens (including phenoxy) is 1. The molecule has 32 heavy (non-hydrogen) atoms. The quantitative estimate of drug-likeness (QED) is 0.627. The number of halogens is 2. The number of nitrogens with zero attached hydrogens (tertiary/aromatic N) is 4. The lowest BCUT2D eigenvalue weighted by Gasteiger charge is -2.36. The van der Waals surface area contributed by atoms with Gasteiger partial charge in [0.25, 0.3) is 5.91 Å². The molecule has 3 heterocycles. The van der Waals surface area contributed by atoms with E-state index in [1.54, 1.807) is 23.1 Å². The standard InChI is InChI=1S/C21H26Cl2N4O4S/c1-14-21(15(2)27(24-14)17-5-10-32(29,30)13-17)26-8-6-25(7-9-26)20(28)12-31-19-4-3-16(22)11-18(19)23/h3-4,11,17H,5-10,12-13H2,1-2H3. The highest BCUT2D eigenvalue weighted by Crippen LogP contribution is 2.32. The molecule has 1 aromatic heterocycles. The first-order chi connectivity index (χ1) is 15.1. The second-order valence-electron chi connectivity index (χ2n) is 8.25. The minimum Gasteiger partial charge on any atom is -0.482 e. The van der Waals surface area contributed by atoms with Crippen LogP contribution in [0.3, 0.4) is 0 Å². The zero-order valence-electron chi connectivity index (χ0n) is 18.1. The van der Waals surface area contributed by atoms with Crippen LogP contribution in [-0.4, -0.2) is 73.3 Å². The number of amides is 1. The van der Waals surface area contributed by atoms with Crippen LogP contribution in [0.4, 0.5) is 5.69 Å². The highest BCUT2D eigenvalue weighted by atomic mass is 35.5. The number of benzene rings is 1. The second-order valence-corrected chi connectivity index (χ2v) is 11.3. The summed E-state index contributed by atoms with van der Waals surface area (Å²) in [6.45, 7) is 6.32. The molecule has 0 spiro atoms. The molecule has 11 heteroatoms. The van der Waals surface area contributed by atoms with Gasteiger partial charge in [0.15, 0.2) is 16.4 Å². The fourth-order valence-electron chi connectivity index (χ4n) is 4.44. The van der Waals surface area contributed by atoms with Crippen molar-refractivity contribution in [2.45, 2.75) is 26.3 Å². The second kappa shape index (κ2) is 9.11. The van der Waals surface area contributed by atoms with Crippen molar-refractivity contribution < 1.29 is 17.9 Å². The third-order valence-electron chi connectivity index (χ3n) is 6.03. The van der Waals surface area contributed by atoms with Crippen LogP contribution in [0.1, 0.15) is 23.9 Å². The molecule has 1 unspecified atom stereocenters. The lowest BCUT2D eigenvalue weighted by molar-refractivity contribution is -0.133. The molecule has 4 rings (SSSR count). The van der Waals surface area contributed by atoms with Crippen molar-refractivity contribution in [2.24, 2.45) is 0 Å². The fraction of sp³-hybridized carbons (Fsp3) is 0.524. The van der Waals surface area contributed by atoms with Gasteiger partial charge >= 0.3 is 0 Å². The van der Waals surface area contributed by atoms with Crippen LogP contribution in [-0.2, 0) is 14.6 Å². The molecule has 2 aromatic rings. The molecule has 0 bridgehead atoms. The van der Waals surface area contributed by atoms with Crippen molar-refractivity contribution in [3.8, 4) is 5.75 Å². The number of aromatic nitrogens is 2. The Morgan fingerprint density at radius 3 is 2.53 bits per heavy atom. The maximum Gasteiger partial charge on any atom is 0.260 e. The summed E-state index contributed by atoms with van der Waals surface area (Å²) in [5.41, 5.74) is 2.89. The first kappa shape index (κ1) is 23.2. The van der Waals surface area contributed by atoms with Crippen molar-refractivity contribution in [2.75, 3.05) is 49.2 Å². The molecular weight excluding hydrogens is 475 g/mol. The Hall–Kier alpha value is -1.97. The molecule has 0 aliphatic carbocycles. The van der Waals surface area contributed by atoms with E-state index in [0.29, 0.717) is 48.4 Å². The first-order valence-corrected chi connectivity index (χ1v) is 13.1. The van der Waals surface area contributed by atoms with Crippen LogP contribution in [0.5, 0.6) is 5.75 Å². The van der Waals surface area contributed by atoms with Crippen molar-refractivity contribution in [1.29, 1.82) is 0 Å². The Kier molecular flexibility index (Phi) is 6.61. The molecule has 2 aliphatic heterocycles. The van der Waals surface area contributed by atoms with Gasteiger partial charge in [-0.15, -0.1) is 0 Å². The summed E-state index contributed by atoms with van der Waals surface area (Å²) in [6.07, 6.45) is 0.601. The van der Waals surface area contributed by atoms with Crippen LogP contribution < -0.4 is 9.64 Å². The van der Waals surface area contributed by atoms with Gasteiger partial charge < -0.3 is 14.5 Å². The van der Waals surface area contributed by atoms with Crippen molar-refractivity contribution in [3.05, 3.63) is 39.6 Å². The molecule has 8 nitrogen and oxygen atoms in total. The van der Waals surface area contributed by atoms with Crippen LogP contribution in [0.25, 0.3) is 0 Å². The predicted molar refractivity (Wildman–Crippen MR) is 125 cm³/mol. The Balaban J connectivity index is 1.36. The van der Waals surface area contributed by atoms with E-state index >= 15 is 0 Å². The number of piperazine rings is 1. The summed E-state index contributed by atoms with van der Waals surface area (Å²) in [5, 5.41) is 5.53. The third kappa shape index (κ3) is 4.84. The van der Waals surface area contributed by atoms with Gasteiger partial charge in [-0.2, -0.15) is 5.10 Å². The Morgan fingerprint density at radius 2 is 1.91 bits per heavy atom. The smallest absolute Gasteiger partial charge is 0.260 e. The van der Waals surface area contributed by atoms with Gasteiger partial charge in [0.2, 0.25) is 0 Å². The summed E-state index contributed by atoms with van der Waals surface area (Å²) >= 11 is 12.0. The minimum atomic E-state index is -2.98. The van der Waals surface area contributed by atoms with Gasteiger partial charge in [-0.1, -0.05) is 23.2 Å². The monoisotopic (exact) mass is 500 g/mol. The Morgan fingerprint density at radius 1 is 1.19 bits per heavy atom. The molecule has 1 aromatic carbocycles. The summed E-state index contributed by atoms with van der Waals surface area (Å²) in [5.74, 6) is 0.690. The zero-order chi connectivity index (χ0) is 23.0. The molecule has 1 amide bonds.